The maximum atomic E-state index is 12.1. The predicted octanol–water partition coefficient (Wildman–Crippen LogP) is 2.44. The average Bonchev–Trinajstić information content (AvgIpc) is 2.49. The van der Waals surface area contributed by atoms with Crippen LogP contribution in [0.2, 0.25) is 0 Å². The molecule has 0 aliphatic rings. The van der Waals surface area contributed by atoms with Crippen LogP contribution in [0.15, 0.2) is 53.3 Å². The normalized spacial score (nSPS) is 10.6. The first-order valence-corrected chi connectivity index (χ1v) is 6.88. The summed E-state index contributed by atoms with van der Waals surface area (Å²) in [5.41, 5.74) is 2.31. The highest BCUT2D eigenvalue weighted by molar-refractivity contribution is 5.73. The molecule has 0 spiro atoms. The molecule has 1 N–H and O–H groups in total. The van der Waals surface area contributed by atoms with Gasteiger partial charge in [0.05, 0.1) is 11.0 Å². The van der Waals surface area contributed by atoms with Crippen LogP contribution in [0, 0.1) is 0 Å². The molecule has 5 heteroatoms. The van der Waals surface area contributed by atoms with Crippen molar-refractivity contribution in [1.29, 1.82) is 0 Å². The largest absolute Gasteiger partial charge is 0.426 e. The molecular weight excluding hydrogens is 280 g/mol. The van der Waals surface area contributed by atoms with Crippen molar-refractivity contribution in [2.24, 2.45) is 0 Å². The number of nitrogens with zero attached hydrogens (tertiary/aromatic N) is 1. The van der Waals surface area contributed by atoms with E-state index in [9.17, 15) is 9.59 Å². The molecule has 0 saturated heterocycles. The maximum absolute atomic E-state index is 12.1. The summed E-state index contributed by atoms with van der Waals surface area (Å²) >= 11 is 0. The molecule has 5 nitrogen and oxygen atoms in total. The van der Waals surface area contributed by atoms with E-state index in [0.29, 0.717) is 23.4 Å². The van der Waals surface area contributed by atoms with Crippen LogP contribution in [-0.2, 0) is 11.2 Å². The van der Waals surface area contributed by atoms with E-state index < -0.39 is 5.97 Å². The molecule has 0 unspecified atom stereocenters. The molecule has 2 aromatic carbocycles. The summed E-state index contributed by atoms with van der Waals surface area (Å²) in [4.78, 5) is 30.5. The Hall–Kier alpha value is -2.95. The molecule has 0 fully saturated rings. The second-order valence-electron chi connectivity index (χ2n) is 4.91. The summed E-state index contributed by atoms with van der Waals surface area (Å²) in [6, 6.07) is 14.5. The number of benzene rings is 2. The Morgan fingerprint density at radius 1 is 1.14 bits per heavy atom. The van der Waals surface area contributed by atoms with E-state index in [-0.39, 0.29) is 5.56 Å². The number of hydrogen-bond acceptors (Lipinski definition) is 4. The monoisotopic (exact) mass is 294 g/mol. The van der Waals surface area contributed by atoms with Crippen LogP contribution >= 0.6 is 0 Å². The molecule has 3 aromatic rings. The number of H-pyrrole nitrogens is 1. The number of fused-ring (bicyclic) bond motifs is 1. The highest BCUT2D eigenvalue weighted by Crippen LogP contribution is 2.20. The van der Waals surface area contributed by atoms with Crippen LogP contribution in [-0.4, -0.2) is 15.9 Å². The maximum Gasteiger partial charge on any atom is 0.308 e. The number of para-hydroxylation sites is 3. The molecule has 0 aliphatic heterocycles. The first-order valence-electron chi connectivity index (χ1n) is 6.88. The van der Waals surface area contributed by atoms with Crippen LogP contribution in [0.4, 0.5) is 0 Å². The predicted molar refractivity (Wildman–Crippen MR) is 82.9 cm³/mol. The number of ether oxygens (including phenoxy) is 1. The molecule has 1 aromatic heterocycles. The van der Waals surface area contributed by atoms with Gasteiger partial charge in [0.1, 0.15) is 11.4 Å². The molecule has 1 heterocycles. The first-order chi connectivity index (χ1) is 10.6. The zero-order valence-electron chi connectivity index (χ0n) is 12.0. The van der Waals surface area contributed by atoms with Crippen molar-refractivity contribution in [2.45, 2.75) is 13.3 Å². The Kier molecular flexibility index (Phi) is 3.70. The van der Waals surface area contributed by atoms with E-state index in [4.69, 9.17) is 4.74 Å². The number of hydrogen-bond donors (Lipinski definition) is 1. The van der Waals surface area contributed by atoms with E-state index in [1.54, 1.807) is 18.2 Å². The number of carbonyl (C=O) groups excluding carboxylic acids is 1. The van der Waals surface area contributed by atoms with Gasteiger partial charge in [0.2, 0.25) is 0 Å². The van der Waals surface area contributed by atoms with Crippen molar-refractivity contribution in [2.75, 3.05) is 0 Å². The Morgan fingerprint density at radius 2 is 1.86 bits per heavy atom. The average molecular weight is 294 g/mol. The molecule has 0 bridgehead atoms. The van der Waals surface area contributed by atoms with Crippen LogP contribution in [0.25, 0.3) is 11.0 Å². The lowest BCUT2D eigenvalue weighted by atomic mass is 10.1. The van der Waals surface area contributed by atoms with Gasteiger partial charge in [0.15, 0.2) is 0 Å². The molecule has 0 saturated carbocycles. The van der Waals surface area contributed by atoms with Crippen LogP contribution < -0.4 is 10.3 Å². The van der Waals surface area contributed by atoms with Gasteiger partial charge in [-0.2, -0.15) is 0 Å². The van der Waals surface area contributed by atoms with Crippen LogP contribution in [0.5, 0.6) is 5.75 Å². The Balaban J connectivity index is 2.02. The van der Waals surface area contributed by atoms with Gasteiger partial charge in [-0.3, -0.25) is 9.59 Å². The summed E-state index contributed by atoms with van der Waals surface area (Å²) in [5.74, 6) is 0.0530. The fourth-order valence-corrected chi connectivity index (χ4v) is 2.27. The molecule has 0 aliphatic carbocycles. The standard InChI is InChI=1S/C17H14N2O3/c1-11(20)22-16-9-5-2-6-12(16)10-15-17(21)19-14-8-4-3-7-13(14)18-15/h2-9H,10H2,1H3,(H,19,21). The summed E-state index contributed by atoms with van der Waals surface area (Å²) in [7, 11) is 0. The van der Waals surface area contributed by atoms with Gasteiger partial charge in [-0.05, 0) is 18.2 Å². The van der Waals surface area contributed by atoms with Gasteiger partial charge < -0.3 is 9.72 Å². The lowest BCUT2D eigenvalue weighted by Crippen LogP contribution is -2.16. The van der Waals surface area contributed by atoms with Crippen molar-refractivity contribution < 1.29 is 9.53 Å². The Bertz CT molecular complexity index is 900. The van der Waals surface area contributed by atoms with Crippen molar-refractivity contribution >= 4 is 17.0 Å². The lowest BCUT2D eigenvalue weighted by Gasteiger charge is -2.08. The summed E-state index contributed by atoms with van der Waals surface area (Å²) < 4.78 is 5.17. The van der Waals surface area contributed by atoms with Gasteiger partial charge in [-0.25, -0.2) is 4.98 Å². The van der Waals surface area contributed by atoms with Gasteiger partial charge in [0.25, 0.3) is 5.56 Å². The van der Waals surface area contributed by atoms with E-state index in [2.05, 4.69) is 9.97 Å². The number of rotatable bonds is 3. The molecule has 0 amide bonds. The number of nitrogens with one attached hydrogen (secondary N) is 1. The minimum Gasteiger partial charge on any atom is -0.426 e. The minimum absolute atomic E-state index is 0.240. The SMILES string of the molecule is CC(=O)Oc1ccccc1Cc1nc2ccccc2[nH]c1=O. The third-order valence-electron chi connectivity index (χ3n) is 3.25. The zero-order valence-corrected chi connectivity index (χ0v) is 12.0. The second-order valence-corrected chi connectivity index (χ2v) is 4.91. The molecule has 3 rings (SSSR count). The number of carbonyl (C=O) groups is 1. The van der Waals surface area contributed by atoms with Gasteiger partial charge in [-0.1, -0.05) is 30.3 Å². The van der Waals surface area contributed by atoms with Gasteiger partial charge in [-0.15, -0.1) is 0 Å². The van der Waals surface area contributed by atoms with E-state index in [1.165, 1.54) is 6.92 Å². The molecule has 0 atom stereocenters. The highest BCUT2D eigenvalue weighted by Gasteiger charge is 2.10. The fraction of sp³-hybridized carbons (Fsp3) is 0.118. The Morgan fingerprint density at radius 3 is 2.68 bits per heavy atom. The van der Waals surface area contributed by atoms with E-state index in [1.807, 2.05) is 30.3 Å². The highest BCUT2D eigenvalue weighted by atomic mass is 16.5. The third-order valence-corrected chi connectivity index (χ3v) is 3.25. The molecule has 22 heavy (non-hydrogen) atoms. The number of aromatic nitrogens is 2. The number of esters is 1. The van der Waals surface area contributed by atoms with Crippen molar-refractivity contribution in [1.82, 2.24) is 9.97 Å². The molecule has 0 radical (unpaired) electrons. The number of aromatic amines is 1. The summed E-state index contributed by atoms with van der Waals surface area (Å²) in [6.45, 7) is 1.35. The van der Waals surface area contributed by atoms with Crippen molar-refractivity contribution in [3.63, 3.8) is 0 Å². The third kappa shape index (κ3) is 2.88. The summed E-state index contributed by atoms with van der Waals surface area (Å²) in [5, 5.41) is 0. The van der Waals surface area contributed by atoms with Crippen molar-refractivity contribution in [3.05, 3.63) is 70.1 Å². The van der Waals surface area contributed by atoms with Crippen LogP contribution in [0.3, 0.4) is 0 Å². The smallest absolute Gasteiger partial charge is 0.308 e. The van der Waals surface area contributed by atoms with Gasteiger partial charge >= 0.3 is 5.97 Å². The van der Waals surface area contributed by atoms with Gasteiger partial charge in [0, 0.05) is 18.9 Å². The Labute approximate surface area is 126 Å². The van der Waals surface area contributed by atoms with Crippen molar-refractivity contribution in [3.8, 4) is 5.75 Å². The first kappa shape index (κ1) is 14.0. The fourth-order valence-electron chi connectivity index (χ4n) is 2.27. The van der Waals surface area contributed by atoms with E-state index in [0.717, 1.165) is 11.1 Å². The van der Waals surface area contributed by atoms with Crippen LogP contribution in [0.1, 0.15) is 18.2 Å². The topological polar surface area (TPSA) is 72.0 Å². The lowest BCUT2D eigenvalue weighted by molar-refractivity contribution is -0.131. The quantitative estimate of drug-likeness (QED) is 0.595. The second kappa shape index (κ2) is 5.81. The minimum atomic E-state index is -0.396. The zero-order chi connectivity index (χ0) is 15.5. The summed E-state index contributed by atoms with van der Waals surface area (Å²) in [6.07, 6.45) is 0.295. The molecular formula is C17H14N2O3. The molecule has 110 valence electrons. The van der Waals surface area contributed by atoms with E-state index >= 15 is 0 Å².